The van der Waals surface area contributed by atoms with Crippen LogP contribution in [0.5, 0.6) is 5.75 Å². The number of hydrogen-bond donors (Lipinski definition) is 1. The third-order valence-electron chi connectivity index (χ3n) is 2.42. The van der Waals surface area contributed by atoms with Gasteiger partial charge in [0.25, 0.3) is 10.0 Å². The molecule has 0 unspecified atom stereocenters. The molecule has 20 heavy (non-hydrogen) atoms. The van der Waals surface area contributed by atoms with E-state index in [-0.39, 0.29) is 15.7 Å². The minimum atomic E-state index is -3.77. The molecule has 0 bridgehead atoms. The Morgan fingerprint density at radius 1 is 1.35 bits per heavy atom. The Labute approximate surface area is 130 Å². The van der Waals surface area contributed by atoms with Gasteiger partial charge >= 0.3 is 0 Å². The van der Waals surface area contributed by atoms with Crippen molar-refractivity contribution in [3.63, 3.8) is 0 Å². The molecule has 8 heteroatoms. The fourth-order valence-corrected chi connectivity index (χ4v) is 3.43. The van der Waals surface area contributed by atoms with Crippen LogP contribution >= 0.6 is 27.5 Å². The lowest BCUT2D eigenvalue weighted by Gasteiger charge is -2.10. The number of ether oxygens (including phenoxy) is 1. The second-order valence-electron chi connectivity index (χ2n) is 3.74. The lowest BCUT2D eigenvalue weighted by atomic mass is 10.3. The van der Waals surface area contributed by atoms with Gasteiger partial charge in [0.1, 0.15) is 5.75 Å². The molecular weight excluding hydrogens is 368 g/mol. The molecule has 0 radical (unpaired) electrons. The van der Waals surface area contributed by atoms with Crippen molar-refractivity contribution < 1.29 is 13.2 Å². The van der Waals surface area contributed by atoms with E-state index >= 15 is 0 Å². The average Bonchev–Trinajstić information content (AvgIpc) is 2.41. The first-order chi connectivity index (χ1) is 9.44. The lowest BCUT2D eigenvalue weighted by Crippen LogP contribution is -2.14. The molecular formula is C12H10BrClN2O3S. The monoisotopic (exact) mass is 376 g/mol. The van der Waals surface area contributed by atoms with Gasteiger partial charge in [-0.25, -0.2) is 13.4 Å². The Hall–Kier alpha value is -1.31. The van der Waals surface area contributed by atoms with Crippen LogP contribution in [0.25, 0.3) is 0 Å². The zero-order chi connectivity index (χ0) is 14.8. The first-order valence-corrected chi connectivity index (χ1v) is 8.06. The van der Waals surface area contributed by atoms with Crippen LogP contribution in [0.2, 0.25) is 5.02 Å². The summed E-state index contributed by atoms with van der Waals surface area (Å²) >= 11 is 9.12. The highest BCUT2D eigenvalue weighted by molar-refractivity contribution is 9.10. The number of methoxy groups -OCH3 is 1. The quantitative estimate of drug-likeness (QED) is 0.887. The Balaban J connectivity index is 2.36. The van der Waals surface area contributed by atoms with Crippen LogP contribution in [-0.4, -0.2) is 20.5 Å². The van der Waals surface area contributed by atoms with Crippen molar-refractivity contribution in [2.75, 3.05) is 11.8 Å². The molecule has 0 aliphatic heterocycles. The maximum atomic E-state index is 12.2. The lowest BCUT2D eigenvalue weighted by molar-refractivity contribution is 0.411. The molecule has 0 saturated carbocycles. The fraction of sp³-hybridized carbons (Fsp3) is 0.0833. The van der Waals surface area contributed by atoms with Gasteiger partial charge in [-0.15, -0.1) is 0 Å². The first-order valence-electron chi connectivity index (χ1n) is 5.41. The van der Waals surface area contributed by atoms with E-state index in [0.29, 0.717) is 10.2 Å². The van der Waals surface area contributed by atoms with E-state index in [1.54, 1.807) is 18.2 Å². The molecule has 2 aromatic rings. The summed E-state index contributed by atoms with van der Waals surface area (Å²) in [7, 11) is -2.27. The smallest absolute Gasteiger partial charge is 0.263 e. The predicted molar refractivity (Wildman–Crippen MR) is 80.7 cm³/mol. The van der Waals surface area contributed by atoms with Gasteiger partial charge in [0.2, 0.25) is 0 Å². The molecule has 2 rings (SSSR count). The molecule has 1 heterocycles. The predicted octanol–water partition coefficient (Wildman–Crippen LogP) is 3.31. The Morgan fingerprint density at radius 2 is 2.10 bits per heavy atom. The molecule has 0 saturated heterocycles. The molecule has 0 aliphatic rings. The van der Waals surface area contributed by atoms with E-state index in [4.69, 9.17) is 16.3 Å². The van der Waals surface area contributed by atoms with Crippen LogP contribution in [0, 0.1) is 0 Å². The zero-order valence-electron chi connectivity index (χ0n) is 10.3. The second-order valence-corrected chi connectivity index (χ2v) is 6.68. The van der Waals surface area contributed by atoms with Gasteiger partial charge in [0.05, 0.1) is 21.5 Å². The number of halogens is 2. The van der Waals surface area contributed by atoms with Crippen LogP contribution < -0.4 is 9.46 Å². The number of nitrogens with one attached hydrogen (secondary N) is 1. The molecule has 106 valence electrons. The summed E-state index contributed by atoms with van der Waals surface area (Å²) in [6.07, 6.45) is 1.45. The highest BCUT2D eigenvalue weighted by atomic mass is 79.9. The van der Waals surface area contributed by atoms with Crippen LogP contribution in [0.4, 0.5) is 5.82 Å². The highest BCUT2D eigenvalue weighted by Gasteiger charge is 2.17. The standard InChI is InChI=1S/C12H10BrClN2O3S/c1-19-11-5-4-8(7-9(11)13)20(17,18)16-12-10(14)3-2-6-15-12/h2-7H,1H3,(H,15,16). The fourth-order valence-electron chi connectivity index (χ4n) is 1.46. The van der Waals surface area contributed by atoms with Crippen molar-refractivity contribution in [3.05, 3.63) is 46.0 Å². The van der Waals surface area contributed by atoms with Crippen molar-refractivity contribution >= 4 is 43.4 Å². The number of benzene rings is 1. The second kappa shape index (κ2) is 5.99. The molecule has 0 spiro atoms. The largest absolute Gasteiger partial charge is 0.496 e. The van der Waals surface area contributed by atoms with Gasteiger partial charge in [-0.1, -0.05) is 11.6 Å². The molecule has 0 atom stereocenters. The summed E-state index contributed by atoms with van der Waals surface area (Å²) in [5.74, 6) is 0.626. The van der Waals surface area contributed by atoms with Gasteiger partial charge in [0, 0.05) is 6.20 Å². The minimum absolute atomic E-state index is 0.0758. The van der Waals surface area contributed by atoms with Crippen LogP contribution in [0.15, 0.2) is 45.9 Å². The number of rotatable bonds is 4. The summed E-state index contributed by atoms with van der Waals surface area (Å²) in [6.45, 7) is 0. The van der Waals surface area contributed by atoms with E-state index in [1.165, 1.54) is 25.4 Å². The number of hydrogen-bond acceptors (Lipinski definition) is 4. The summed E-state index contributed by atoms with van der Waals surface area (Å²) < 4.78 is 32.4. The van der Waals surface area contributed by atoms with Crippen LogP contribution in [-0.2, 0) is 10.0 Å². The van der Waals surface area contributed by atoms with Crippen molar-refractivity contribution in [2.24, 2.45) is 0 Å². The molecule has 0 amide bonds. The molecule has 5 nitrogen and oxygen atoms in total. The first kappa shape index (κ1) is 15.1. The number of pyridine rings is 1. The highest BCUT2D eigenvalue weighted by Crippen LogP contribution is 2.29. The number of sulfonamides is 1. The normalized spacial score (nSPS) is 11.2. The third-order valence-corrected chi connectivity index (χ3v) is 4.68. The summed E-state index contributed by atoms with van der Waals surface area (Å²) in [5, 5.41) is 0.226. The number of aromatic nitrogens is 1. The van der Waals surface area contributed by atoms with Gasteiger partial charge in [-0.2, -0.15) is 0 Å². The Morgan fingerprint density at radius 3 is 2.70 bits per heavy atom. The van der Waals surface area contributed by atoms with Crippen molar-refractivity contribution in [3.8, 4) is 5.75 Å². The van der Waals surface area contributed by atoms with E-state index in [0.717, 1.165) is 0 Å². The summed E-state index contributed by atoms with van der Waals surface area (Å²) in [4.78, 5) is 3.96. The van der Waals surface area contributed by atoms with E-state index < -0.39 is 10.0 Å². The molecule has 0 fully saturated rings. The zero-order valence-corrected chi connectivity index (χ0v) is 13.5. The summed E-state index contributed by atoms with van der Waals surface area (Å²) in [5.41, 5.74) is 0. The third kappa shape index (κ3) is 3.23. The Bertz CT molecular complexity index is 737. The van der Waals surface area contributed by atoms with Gasteiger partial charge < -0.3 is 4.74 Å². The van der Waals surface area contributed by atoms with Gasteiger partial charge in [-0.3, -0.25) is 4.72 Å². The number of anilines is 1. The molecule has 0 aliphatic carbocycles. The van der Waals surface area contributed by atoms with Crippen molar-refractivity contribution in [1.82, 2.24) is 4.98 Å². The van der Waals surface area contributed by atoms with Crippen LogP contribution in [0.1, 0.15) is 0 Å². The van der Waals surface area contributed by atoms with Gasteiger partial charge in [-0.05, 0) is 46.3 Å². The van der Waals surface area contributed by atoms with Crippen LogP contribution in [0.3, 0.4) is 0 Å². The van der Waals surface area contributed by atoms with Crippen molar-refractivity contribution in [1.29, 1.82) is 0 Å². The Kier molecular flexibility index (Phi) is 4.52. The van der Waals surface area contributed by atoms with Crippen molar-refractivity contribution in [2.45, 2.75) is 4.90 Å². The van der Waals surface area contributed by atoms with Gasteiger partial charge in [0.15, 0.2) is 5.82 Å². The summed E-state index contributed by atoms with van der Waals surface area (Å²) in [6, 6.07) is 7.60. The maximum Gasteiger partial charge on any atom is 0.263 e. The van der Waals surface area contributed by atoms with E-state index in [1.807, 2.05) is 0 Å². The number of nitrogens with zero attached hydrogens (tertiary/aromatic N) is 1. The average molecular weight is 378 g/mol. The molecule has 1 aromatic carbocycles. The van der Waals surface area contributed by atoms with E-state index in [9.17, 15) is 8.42 Å². The van der Waals surface area contributed by atoms with E-state index in [2.05, 4.69) is 25.6 Å². The minimum Gasteiger partial charge on any atom is -0.496 e. The molecule has 1 aromatic heterocycles. The SMILES string of the molecule is COc1ccc(S(=O)(=O)Nc2ncccc2Cl)cc1Br. The molecule has 1 N–H and O–H groups in total. The topological polar surface area (TPSA) is 68.3 Å². The maximum absolute atomic E-state index is 12.2.